The molecule has 4 unspecified atom stereocenters. The molecule has 6 saturated carbocycles. The molecule has 6 aliphatic carbocycles. The quantitative estimate of drug-likeness (QED) is 0.152. The average Bonchev–Trinajstić information content (AvgIpc) is 3.59. The number of ether oxygens (including phenoxy) is 1. The summed E-state index contributed by atoms with van der Waals surface area (Å²) in [6.45, 7) is 22.1. The molecular formula is C42H69N3O5. The lowest BCUT2D eigenvalue weighted by Gasteiger charge is -2.75. The smallest absolute Gasteiger partial charge is 0.309 e. The fraction of sp³-hybridized carbons (Fsp3) is 0.881. The zero-order valence-corrected chi connectivity index (χ0v) is 32.6. The largest absolute Gasteiger partial charge is 0.481 e. The normalized spacial score (nSPS) is 46.5. The van der Waals surface area contributed by atoms with E-state index in [1.807, 2.05) is 0 Å². The highest BCUT2D eigenvalue weighted by atomic mass is 16.5. The van der Waals surface area contributed by atoms with Crippen LogP contribution >= 0.6 is 0 Å². The van der Waals surface area contributed by atoms with Crippen LogP contribution < -0.4 is 16.8 Å². The van der Waals surface area contributed by atoms with Gasteiger partial charge in [0.05, 0.1) is 11.8 Å². The number of amides is 1. The number of aliphatic carboxylic acids is 1. The Bertz CT molecular complexity index is 1410. The average molecular weight is 696 g/mol. The van der Waals surface area contributed by atoms with Gasteiger partial charge < -0.3 is 26.6 Å². The van der Waals surface area contributed by atoms with E-state index in [2.05, 4.69) is 53.4 Å². The van der Waals surface area contributed by atoms with Gasteiger partial charge >= 0.3 is 11.9 Å². The van der Waals surface area contributed by atoms with E-state index < -0.39 is 22.9 Å². The minimum Gasteiger partial charge on any atom is -0.481 e. The van der Waals surface area contributed by atoms with Crippen molar-refractivity contribution in [2.75, 3.05) is 0 Å². The van der Waals surface area contributed by atoms with Crippen LogP contribution in [0.25, 0.3) is 0 Å². The summed E-state index contributed by atoms with van der Waals surface area (Å²) in [5, 5.41) is 13.0. The van der Waals surface area contributed by atoms with Gasteiger partial charge in [-0.05, 0) is 150 Å². The maximum absolute atomic E-state index is 13.8. The Hall–Kier alpha value is -1.93. The third kappa shape index (κ3) is 5.53. The minimum absolute atomic E-state index is 0.0347. The minimum atomic E-state index is -1.16. The van der Waals surface area contributed by atoms with E-state index in [9.17, 15) is 19.5 Å². The lowest BCUT2D eigenvalue weighted by molar-refractivity contribution is -0.256. The van der Waals surface area contributed by atoms with Crippen molar-refractivity contribution in [1.29, 1.82) is 0 Å². The van der Waals surface area contributed by atoms with Gasteiger partial charge in [0.2, 0.25) is 5.91 Å². The Balaban J connectivity index is 1.26. The van der Waals surface area contributed by atoms with E-state index >= 15 is 0 Å². The second kappa shape index (κ2) is 12.3. The molecule has 8 heteroatoms. The molecule has 0 radical (unpaired) electrons. The molecule has 0 bridgehead atoms. The van der Waals surface area contributed by atoms with Crippen LogP contribution in [-0.2, 0) is 19.1 Å². The molecule has 0 aliphatic heterocycles. The van der Waals surface area contributed by atoms with Crippen molar-refractivity contribution in [3.05, 3.63) is 12.2 Å². The number of hydrogen-bond donors (Lipinski definition) is 4. The zero-order valence-electron chi connectivity index (χ0n) is 32.6. The zero-order chi connectivity index (χ0) is 36.9. The Morgan fingerprint density at radius 2 is 1.58 bits per heavy atom. The fourth-order valence-corrected chi connectivity index (χ4v) is 14.3. The lowest BCUT2D eigenvalue weighted by atomic mass is 9.30. The van der Waals surface area contributed by atoms with Gasteiger partial charge in [-0.1, -0.05) is 46.8 Å². The van der Waals surface area contributed by atoms with Gasteiger partial charge in [0.1, 0.15) is 6.10 Å². The van der Waals surface area contributed by atoms with E-state index in [0.717, 1.165) is 83.5 Å². The summed E-state index contributed by atoms with van der Waals surface area (Å²) in [6, 6.07) is 0.379. The standard InChI is InChI=1S/C42H69N3O5/c1-25(2)28-12-18-41(23-32(46)45-27-11-10-26(43)22-27)21-20-40(9)39(8)17-13-29-37(5,6)31(50-33(47)24-36(3,4)35(48)49)15-16-38(29,7)30(39)14-19-42(40,44)34(28)41/h26-31,34H,1,10-24,43-44H2,2-9H3,(H,45,46)(H,48,49)/t26?,27?,28-,29-,30+,31-,34-,38?,39?,40-,41+,42-/m0/s1. The third-order valence-electron chi connectivity index (χ3n) is 17.2. The summed E-state index contributed by atoms with van der Waals surface area (Å²) in [6.07, 6.45) is 13.2. The topological polar surface area (TPSA) is 145 Å². The molecule has 50 heavy (non-hydrogen) atoms. The summed E-state index contributed by atoms with van der Waals surface area (Å²) >= 11 is 0. The monoisotopic (exact) mass is 696 g/mol. The van der Waals surface area contributed by atoms with Crippen molar-refractivity contribution in [2.45, 2.75) is 175 Å². The molecule has 0 aromatic heterocycles. The molecular weight excluding hydrogens is 626 g/mol. The van der Waals surface area contributed by atoms with E-state index in [1.165, 1.54) is 5.57 Å². The molecule has 0 spiro atoms. The van der Waals surface area contributed by atoms with Gasteiger partial charge in [0, 0.05) is 29.5 Å². The maximum Gasteiger partial charge on any atom is 0.309 e. The van der Waals surface area contributed by atoms with Crippen molar-refractivity contribution in [3.8, 4) is 0 Å². The van der Waals surface area contributed by atoms with Crippen molar-refractivity contribution < 1.29 is 24.2 Å². The molecule has 0 aromatic rings. The number of carbonyl (C=O) groups excluding carboxylic acids is 2. The fourth-order valence-electron chi connectivity index (χ4n) is 14.3. The molecule has 1 amide bonds. The number of esters is 1. The molecule has 0 aromatic carbocycles. The highest BCUT2D eigenvalue weighted by molar-refractivity contribution is 5.81. The first-order valence-electron chi connectivity index (χ1n) is 20.0. The van der Waals surface area contributed by atoms with Crippen LogP contribution in [0.1, 0.15) is 152 Å². The van der Waals surface area contributed by atoms with Gasteiger partial charge in [-0.15, -0.1) is 0 Å². The predicted molar refractivity (Wildman–Crippen MR) is 197 cm³/mol. The first kappa shape index (κ1) is 37.8. The first-order chi connectivity index (χ1) is 23.1. The van der Waals surface area contributed by atoms with Crippen molar-refractivity contribution in [1.82, 2.24) is 5.32 Å². The number of carboxylic acids is 1. The summed E-state index contributed by atoms with van der Waals surface area (Å²) in [5.74, 6) is 0.218. The van der Waals surface area contributed by atoms with Gasteiger partial charge in [0.25, 0.3) is 0 Å². The van der Waals surface area contributed by atoms with Crippen LogP contribution in [0, 0.1) is 56.2 Å². The Labute approximate surface area is 302 Å². The van der Waals surface area contributed by atoms with Gasteiger partial charge in [-0.25, -0.2) is 0 Å². The number of nitrogens with one attached hydrogen (secondary N) is 1. The van der Waals surface area contributed by atoms with Gasteiger partial charge in [0.15, 0.2) is 0 Å². The number of nitrogens with two attached hydrogens (primary N) is 2. The molecule has 0 saturated heterocycles. The Morgan fingerprint density at radius 1 is 0.900 bits per heavy atom. The number of rotatable bonds is 8. The number of carboxylic acid groups (broad SMARTS) is 1. The highest BCUT2D eigenvalue weighted by Gasteiger charge is 2.75. The molecule has 282 valence electrons. The van der Waals surface area contributed by atoms with Crippen LogP contribution in [0.2, 0.25) is 0 Å². The Kier molecular flexibility index (Phi) is 9.31. The van der Waals surface area contributed by atoms with E-state index in [-0.39, 0.29) is 63.5 Å². The van der Waals surface area contributed by atoms with Crippen LogP contribution in [0.15, 0.2) is 12.2 Å². The summed E-state index contributed by atoms with van der Waals surface area (Å²) < 4.78 is 6.17. The van der Waals surface area contributed by atoms with Crippen LogP contribution in [0.3, 0.4) is 0 Å². The second-order valence-electron chi connectivity index (χ2n) is 20.5. The lowest BCUT2D eigenvalue weighted by Crippen LogP contribution is -2.76. The Morgan fingerprint density at radius 3 is 2.20 bits per heavy atom. The van der Waals surface area contributed by atoms with Crippen molar-refractivity contribution in [2.24, 2.45) is 67.6 Å². The van der Waals surface area contributed by atoms with Crippen molar-refractivity contribution in [3.63, 3.8) is 0 Å². The van der Waals surface area contributed by atoms with Crippen molar-refractivity contribution >= 4 is 17.8 Å². The molecule has 6 rings (SSSR count). The first-order valence-corrected chi connectivity index (χ1v) is 20.0. The number of hydrogen-bond acceptors (Lipinski definition) is 6. The molecule has 0 heterocycles. The maximum atomic E-state index is 13.8. The highest BCUT2D eigenvalue weighted by Crippen LogP contribution is 2.78. The van der Waals surface area contributed by atoms with Crippen LogP contribution in [-0.4, -0.2) is 46.7 Å². The number of allylic oxidation sites excluding steroid dienone is 1. The molecule has 6 aliphatic rings. The van der Waals surface area contributed by atoms with Gasteiger partial charge in [-0.2, -0.15) is 0 Å². The molecule has 8 nitrogen and oxygen atoms in total. The summed E-state index contributed by atoms with van der Waals surface area (Å²) in [7, 11) is 0. The van der Waals surface area contributed by atoms with Crippen LogP contribution in [0.5, 0.6) is 0 Å². The molecule has 6 fully saturated rings. The van der Waals surface area contributed by atoms with E-state index in [0.29, 0.717) is 24.2 Å². The molecule has 12 atom stereocenters. The van der Waals surface area contributed by atoms with Gasteiger partial charge in [-0.3, -0.25) is 14.4 Å². The number of carbonyl (C=O) groups is 3. The van der Waals surface area contributed by atoms with E-state index in [1.54, 1.807) is 13.8 Å². The van der Waals surface area contributed by atoms with Crippen LogP contribution in [0.4, 0.5) is 0 Å². The second-order valence-corrected chi connectivity index (χ2v) is 20.5. The summed E-state index contributed by atoms with van der Waals surface area (Å²) in [4.78, 5) is 38.6. The van der Waals surface area contributed by atoms with E-state index in [4.69, 9.17) is 16.2 Å². The predicted octanol–water partition coefficient (Wildman–Crippen LogP) is 7.52. The summed E-state index contributed by atoms with van der Waals surface area (Å²) in [5.41, 5.74) is 13.6. The SMILES string of the molecule is C=C(C)[C@@H]1CC[C@]2(CC(=O)NC3CCC(N)C3)CC[C@@]3(C)C4(C)CC[C@H]5C(C)(C)[C@@H](OC(=O)CC(C)(C)C(=O)O)CCC5(C)[C@H]4CC[C@]3(N)[C@@H]12. The molecule has 6 N–H and O–H groups in total. The third-order valence-corrected chi connectivity index (χ3v) is 17.2. The number of fused-ring (bicyclic) bond motifs is 7.